The zero-order valence-electron chi connectivity index (χ0n) is 15.6. The Kier molecular flexibility index (Phi) is 5.76. The molecule has 0 saturated carbocycles. The summed E-state index contributed by atoms with van der Waals surface area (Å²) < 4.78 is 15.5. The SMILES string of the molecule is CCOC(=O)Cc1nc(-c2ccc(OC)cc2)c(-c2ccc(OC)cc2)[nH]1. The van der Waals surface area contributed by atoms with Crippen LogP contribution in [-0.4, -0.2) is 36.8 Å². The van der Waals surface area contributed by atoms with Crippen molar-refractivity contribution in [2.24, 2.45) is 0 Å². The summed E-state index contributed by atoms with van der Waals surface area (Å²) in [5.74, 6) is 1.79. The molecular formula is C21H22N2O4. The largest absolute Gasteiger partial charge is 0.497 e. The van der Waals surface area contributed by atoms with E-state index in [2.05, 4.69) is 9.97 Å². The van der Waals surface area contributed by atoms with Crippen LogP contribution in [0.5, 0.6) is 11.5 Å². The van der Waals surface area contributed by atoms with E-state index in [4.69, 9.17) is 14.2 Å². The van der Waals surface area contributed by atoms with Crippen LogP contribution in [0.3, 0.4) is 0 Å². The van der Waals surface area contributed by atoms with E-state index in [1.165, 1.54) is 0 Å². The molecule has 0 saturated heterocycles. The van der Waals surface area contributed by atoms with Crippen LogP contribution >= 0.6 is 0 Å². The first-order chi connectivity index (χ1) is 13.1. The molecule has 0 aliphatic heterocycles. The van der Waals surface area contributed by atoms with Crippen LogP contribution in [0.4, 0.5) is 0 Å². The summed E-state index contributed by atoms with van der Waals surface area (Å²) >= 11 is 0. The standard InChI is InChI=1S/C21H22N2O4/c1-4-27-19(24)13-18-22-20(14-5-9-16(25-2)10-6-14)21(23-18)15-7-11-17(26-3)12-8-15/h5-12H,4,13H2,1-3H3,(H,22,23). The van der Waals surface area contributed by atoms with Crippen molar-refractivity contribution in [3.8, 4) is 34.0 Å². The average Bonchev–Trinajstić information content (AvgIpc) is 3.12. The van der Waals surface area contributed by atoms with Crippen molar-refractivity contribution in [2.45, 2.75) is 13.3 Å². The molecule has 140 valence electrons. The van der Waals surface area contributed by atoms with Gasteiger partial charge in [-0.3, -0.25) is 4.79 Å². The quantitative estimate of drug-likeness (QED) is 0.643. The molecule has 0 amide bonds. The highest BCUT2D eigenvalue weighted by molar-refractivity contribution is 5.80. The normalized spacial score (nSPS) is 10.5. The summed E-state index contributed by atoms with van der Waals surface area (Å²) in [6, 6.07) is 15.3. The number of nitrogens with zero attached hydrogens (tertiary/aromatic N) is 1. The second kappa shape index (κ2) is 8.40. The lowest BCUT2D eigenvalue weighted by atomic mass is 10.0. The number of aromatic amines is 1. The van der Waals surface area contributed by atoms with Gasteiger partial charge in [0.25, 0.3) is 0 Å². The van der Waals surface area contributed by atoms with Crippen molar-refractivity contribution in [1.29, 1.82) is 0 Å². The Morgan fingerprint density at radius 1 is 0.926 bits per heavy atom. The molecule has 27 heavy (non-hydrogen) atoms. The van der Waals surface area contributed by atoms with Gasteiger partial charge < -0.3 is 19.2 Å². The molecule has 1 aromatic heterocycles. The predicted molar refractivity (Wildman–Crippen MR) is 103 cm³/mol. The number of ether oxygens (including phenoxy) is 3. The van der Waals surface area contributed by atoms with Crippen molar-refractivity contribution in [1.82, 2.24) is 9.97 Å². The van der Waals surface area contributed by atoms with E-state index in [-0.39, 0.29) is 12.4 Å². The average molecular weight is 366 g/mol. The van der Waals surface area contributed by atoms with E-state index < -0.39 is 0 Å². The summed E-state index contributed by atoms with van der Waals surface area (Å²) in [6.45, 7) is 2.13. The molecule has 1 heterocycles. The van der Waals surface area contributed by atoms with Gasteiger partial charge in [-0.1, -0.05) is 0 Å². The van der Waals surface area contributed by atoms with Gasteiger partial charge in [-0.25, -0.2) is 4.98 Å². The van der Waals surface area contributed by atoms with Gasteiger partial charge in [-0.15, -0.1) is 0 Å². The van der Waals surface area contributed by atoms with Crippen LogP contribution < -0.4 is 9.47 Å². The molecular weight excluding hydrogens is 344 g/mol. The number of esters is 1. The molecule has 0 radical (unpaired) electrons. The fourth-order valence-electron chi connectivity index (χ4n) is 2.78. The number of imidazole rings is 1. The maximum Gasteiger partial charge on any atom is 0.313 e. The highest BCUT2D eigenvalue weighted by Crippen LogP contribution is 2.32. The fourth-order valence-corrected chi connectivity index (χ4v) is 2.78. The molecule has 6 heteroatoms. The maximum atomic E-state index is 11.9. The highest BCUT2D eigenvalue weighted by Gasteiger charge is 2.17. The number of H-pyrrole nitrogens is 1. The molecule has 3 aromatic rings. The van der Waals surface area contributed by atoms with Crippen LogP contribution in [0, 0.1) is 0 Å². The minimum atomic E-state index is -0.311. The van der Waals surface area contributed by atoms with Crippen molar-refractivity contribution in [3.05, 3.63) is 54.4 Å². The van der Waals surface area contributed by atoms with Gasteiger partial charge in [0.2, 0.25) is 0 Å². The number of aromatic nitrogens is 2. The summed E-state index contributed by atoms with van der Waals surface area (Å²) in [5.41, 5.74) is 3.47. The summed E-state index contributed by atoms with van der Waals surface area (Å²) in [6.07, 6.45) is 0.0904. The first-order valence-corrected chi connectivity index (χ1v) is 8.68. The van der Waals surface area contributed by atoms with Gasteiger partial charge in [0.05, 0.1) is 32.2 Å². The first kappa shape index (κ1) is 18.5. The van der Waals surface area contributed by atoms with Gasteiger partial charge in [0.15, 0.2) is 0 Å². The molecule has 0 aliphatic rings. The number of hydrogen-bond acceptors (Lipinski definition) is 5. The molecule has 0 unspecified atom stereocenters. The van der Waals surface area contributed by atoms with E-state index in [9.17, 15) is 4.79 Å². The Hall–Kier alpha value is -3.28. The summed E-state index contributed by atoms with van der Waals surface area (Å²) in [7, 11) is 3.26. The van der Waals surface area contributed by atoms with Crippen LogP contribution in [0.15, 0.2) is 48.5 Å². The zero-order chi connectivity index (χ0) is 19.2. The van der Waals surface area contributed by atoms with Crippen molar-refractivity contribution >= 4 is 5.97 Å². The monoisotopic (exact) mass is 366 g/mol. The minimum absolute atomic E-state index is 0.0904. The number of methoxy groups -OCH3 is 2. The molecule has 2 aromatic carbocycles. The van der Waals surface area contributed by atoms with Gasteiger partial charge in [0.1, 0.15) is 23.7 Å². The second-order valence-electron chi connectivity index (χ2n) is 5.85. The fraction of sp³-hybridized carbons (Fsp3) is 0.238. The molecule has 3 rings (SSSR count). The molecule has 0 fully saturated rings. The number of carbonyl (C=O) groups excluding carboxylic acids is 1. The highest BCUT2D eigenvalue weighted by atomic mass is 16.5. The number of rotatable bonds is 7. The van der Waals surface area contributed by atoms with Crippen molar-refractivity contribution in [2.75, 3.05) is 20.8 Å². The van der Waals surface area contributed by atoms with E-state index >= 15 is 0 Å². The lowest BCUT2D eigenvalue weighted by molar-refractivity contribution is -0.142. The molecule has 0 bridgehead atoms. The lowest BCUT2D eigenvalue weighted by Crippen LogP contribution is -2.08. The topological polar surface area (TPSA) is 73.4 Å². The zero-order valence-corrected chi connectivity index (χ0v) is 15.6. The minimum Gasteiger partial charge on any atom is -0.497 e. The molecule has 0 aliphatic carbocycles. The number of nitrogens with one attached hydrogen (secondary N) is 1. The molecule has 1 N–H and O–H groups in total. The predicted octanol–water partition coefficient (Wildman–Crippen LogP) is 3.87. The third kappa shape index (κ3) is 4.28. The third-order valence-corrected chi connectivity index (χ3v) is 4.11. The third-order valence-electron chi connectivity index (χ3n) is 4.11. The van der Waals surface area contributed by atoms with E-state index in [0.717, 1.165) is 34.0 Å². The van der Waals surface area contributed by atoms with Crippen molar-refractivity contribution < 1.29 is 19.0 Å². The number of carbonyl (C=O) groups is 1. The first-order valence-electron chi connectivity index (χ1n) is 8.68. The van der Waals surface area contributed by atoms with Crippen LogP contribution in [0.2, 0.25) is 0 Å². The Balaban J connectivity index is 2.02. The van der Waals surface area contributed by atoms with Crippen molar-refractivity contribution in [3.63, 3.8) is 0 Å². The van der Waals surface area contributed by atoms with E-state index in [0.29, 0.717) is 12.4 Å². The number of hydrogen-bond donors (Lipinski definition) is 1. The van der Waals surface area contributed by atoms with Crippen LogP contribution in [0.1, 0.15) is 12.7 Å². The Morgan fingerprint density at radius 3 is 2.00 bits per heavy atom. The second-order valence-corrected chi connectivity index (χ2v) is 5.85. The maximum absolute atomic E-state index is 11.9. The van der Waals surface area contributed by atoms with E-state index in [1.807, 2.05) is 48.5 Å². The van der Waals surface area contributed by atoms with Crippen LogP contribution in [-0.2, 0) is 16.0 Å². The van der Waals surface area contributed by atoms with Gasteiger partial charge in [0, 0.05) is 11.1 Å². The Morgan fingerprint density at radius 2 is 1.48 bits per heavy atom. The lowest BCUT2D eigenvalue weighted by Gasteiger charge is -2.06. The summed E-state index contributed by atoms with van der Waals surface area (Å²) in [4.78, 5) is 19.8. The van der Waals surface area contributed by atoms with Gasteiger partial charge in [-0.2, -0.15) is 0 Å². The van der Waals surface area contributed by atoms with Gasteiger partial charge in [-0.05, 0) is 55.5 Å². The van der Waals surface area contributed by atoms with Crippen LogP contribution in [0.25, 0.3) is 22.5 Å². The van der Waals surface area contributed by atoms with E-state index in [1.54, 1.807) is 21.1 Å². The molecule has 0 atom stereocenters. The Labute approximate surface area is 158 Å². The Bertz CT molecular complexity index is 834. The molecule has 0 spiro atoms. The molecule has 6 nitrogen and oxygen atoms in total. The number of benzene rings is 2. The summed E-state index contributed by atoms with van der Waals surface area (Å²) in [5, 5.41) is 0. The van der Waals surface area contributed by atoms with Gasteiger partial charge >= 0.3 is 5.97 Å². The smallest absolute Gasteiger partial charge is 0.313 e.